The molecule has 0 spiro atoms. The third-order valence-corrected chi connectivity index (χ3v) is 5.08. The van der Waals surface area contributed by atoms with Crippen LogP contribution in [0.2, 0.25) is 35.2 Å². The first kappa shape index (κ1) is 14.1. The average Bonchev–Trinajstić information content (AvgIpc) is 2.28. The third-order valence-electron chi connectivity index (χ3n) is 2.19. The topological polar surface area (TPSA) is 0 Å². The van der Waals surface area contributed by atoms with Crippen LogP contribution in [0.5, 0.6) is 0 Å². The number of benzene rings is 2. The van der Waals surface area contributed by atoms with E-state index in [2.05, 4.69) is 0 Å². The minimum atomic E-state index is 0.117. The van der Waals surface area contributed by atoms with Gasteiger partial charge in [-0.05, 0) is 6.07 Å². The molecule has 2 rings (SSSR count). The van der Waals surface area contributed by atoms with Gasteiger partial charge < -0.3 is 0 Å². The van der Waals surface area contributed by atoms with E-state index in [0.717, 1.165) is 0 Å². The van der Waals surface area contributed by atoms with Crippen LogP contribution in [-0.4, -0.2) is 0 Å². The minimum Gasteiger partial charge on any atom is -0.0835 e. The van der Waals surface area contributed by atoms with E-state index in [1.54, 1.807) is 0 Å². The van der Waals surface area contributed by atoms with Gasteiger partial charge >= 0.3 is 0 Å². The van der Waals surface area contributed by atoms with Gasteiger partial charge in [0.05, 0.1) is 35.2 Å². The Morgan fingerprint density at radius 1 is 0.471 bits per heavy atom. The Kier molecular flexibility index (Phi) is 4.17. The molecule has 0 N–H and O–H groups in total. The Morgan fingerprint density at radius 3 is 1.47 bits per heavy atom. The van der Waals surface area contributed by atoms with Crippen molar-refractivity contribution in [2.75, 3.05) is 0 Å². The Labute approximate surface area is 132 Å². The van der Waals surface area contributed by atoms with Gasteiger partial charge in [0.15, 0.2) is 0 Å². The molecule has 17 heavy (non-hydrogen) atoms. The summed E-state index contributed by atoms with van der Waals surface area (Å²) in [5, 5.41) is 2.24. The highest BCUT2D eigenvalue weighted by Crippen LogP contribution is 2.49. The second kappa shape index (κ2) is 5.02. The highest BCUT2D eigenvalue weighted by molar-refractivity contribution is 6.59. The van der Waals surface area contributed by atoms with Gasteiger partial charge in [0.25, 0.3) is 0 Å². The molecule has 0 saturated heterocycles. The van der Waals surface area contributed by atoms with Crippen LogP contribution in [-0.2, 0) is 0 Å². The molecule has 0 amide bonds. The van der Waals surface area contributed by atoms with Crippen molar-refractivity contribution in [3.05, 3.63) is 41.2 Å². The van der Waals surface area contributed by atoms with Crippen molar-refractivity contribution in [3.63, 3.8) is 0 Å². The molecule has 0 unspecified atom stereocenters. The molecule has 0 heterocycles. The summed E-state index contributed by atoms with van der Waals surface area (Å²) in [6.45, 7) is 0. The molecule has 0 aliphatic rings. The number of halogens is 7. The summed E-state index contributed by atoms with van der Waals surface area (Å²) in [6.07, 6.45) is 0. The fourth-order valence-corrected chi connectivity index (χ4v) is 3.38. The second-order valence-corrected chi connectivity index (χ2v) is 5.86. The fourth-order valence-electron chi connectivity index (χ4n) is 1.43. The largest absolute Gasteiger partial charge is 0.0835 e. The zero-order chi connectivity index (χ0) is 12.9. The highest BCUT2D eigenvalue weighted by Gasteiger charge is 2.20. The van der Waals surface area contributed by atoms with E-state index in [0.29, 0.717) is 15.8 Å². The lowest BCUT2D eigenvalue weighted by Crippen LogP contribution is -1.85. The highest BCUT2D eigenvalue weighted by atomic mass is 35.5. The van der Waals surface area contributed by atoms with Crippen LogP contribution in [0.3, 0.4) is 0 Å². The van der Waals surface area contributed by atoms with Gasteiger partial charge in [-0.2, -0.15) is 0 Å². The normalized spacial score (nSPS) is 11.2. The first-order valence-corrected chi connectivity index (χ1v) is 6.80. The quantitative estimate of drug-likeness (QED) is 0.335. The Morgan fingerprint density at radius 2 is 0.941 bits per heavy atom. The van der Waals surface area contributed by atoms with Crippen LogP contribution in [0.1, 0.15) is 0 Å². The summed E-state index contributed by atoms with van der Waals surface area (Å²) in [5.74, 6) is 0. The van der Waals surface area contributed by atoms with Crippen molar-refractivity contribution in [3.8, 4) is 0 Å². The molecular weight excluding hydrogens is 368 g/mol. The molecule has 0 bridgehead atoms. The first-order chi connectivity index (χ1) is 7.86. The molecule has 0 aliphatic heterocycles. The SMILES string of the molecule is Clc1cc(Cl)c2c(Cl)c(Cl)c(Cl)c(Cl)c2c1Cl. The standard InChI is InChI=1S/C10HCl7/c11-2-1-3(12)6(13)5-4(2)7(14)9(16)10(17)8(5)15/h1H. The summed E-state index contributed by atoms with van der Waals surface area (Å²) in [7, 11) is 0. The van der Waals surface area contributed by atoms with Gasteiger partial charge in [-0.3, -0.25) is 0 Å². The molecule has 0 nitrogen and oxygen atoms in total. The van der Waals surface area contributed by atoms with E-state index in [-0.39, 0.29) is 30.1 Å². The number of rotatable bonds is 0. The molecule has 0 radical (unpaired) electrons. The predicted octanol–water partition coefficient (Wildman–Crippen LogP) is 7.41. The van der Waals surface area contributed by atoms with Crippen molar-refractivity contribution in [1.29, 1.82) is 0 Å². The molecule has 0 atom stereocenters. The van der Waals surface area contributed by atoms with Crippen LogP contribution in [0.15, 0.2) is 6.07 Å². The molecule has 2 aromatic carbocycles. The van der Waals surface area contributed by atoms with Crippen LogP contribution >= 0.6 is 81.2 Å². The fraction of sp³-hybridized carbons (Fsp3) is 0. The molecule has 7 heteroatoms. The molecular formula is C10HCl7. The summed E-state index contributed by atoms with van der Waals surface area (Å²) in [6, 6.07) is 1.47. The Hall–Kier alpha value is 0.730. The lowest BCUT2D eigenvalue weighted by molar-refractivity contribution is 1.73. The maximum absolute atomic E-state index is 6.08. The van der Waals surface area contributed by atoms with Crippen molar-refractivity contribution >= 4 is 92.0 Å². The van der Waals surface area contributed by atoms with Crippen LogP contribution < -0.4 is 0 Å². The number of fused-ring (bicyclic) bond motifs is 1. The van der Waals surface area contributed by atoms with Gasteiger partial charge in [0, 0.05) is 10.8 Å². The van der Waals surface area contributed by atoms with E-state index >= 15 is 0 Å². The monoisotopic (exact) mass is 366 g/mol. The molecule has 2 aromatic rings. The van der Waals surface area contributed by atoms with E-state index in [9.17, 15) is 0 Å². The zero-order valence-electron chi connectivity index (χ0n) is 7.72. The lowest BCUT2D eigenvalue weighted by atomic mass is 10.1. The van der Waals surface area contributed by atoms with Crippen LogP contribution in [0.25, 0.3) is 10.8 Å². The van der Waals surface area contributed by atoms with Gasteiger partial charge in [0.1, 0.15) is 0 Å². The zero-order valence-corrected chi connectivity index (χ0v) is 13.0. The molecule has 90 valence electrons. The van der Waals surface area contributed by atoms with Crippen LogP contribution in [0, 0.1) is 0 Å². The molecule has 0 fully saturated rings. The van der Waals surface area contributed by atoms with Crippen molar-refractivity contribution < 1.29 is 0 Å². The predicted molar refractivity (Wildman–Crippen MR) is 79.0 cm³/mol. The summed E-state index contributed by atoms with van der Waals surface area (Å²) < 4.78 is 0. The Balaban J connectivity index is 3.17. The number of hydrogen-bond acceptors (Lipinski definition) is 0. The molecule has 0 aromatic heterocycles. The van der Waals surface area contributed by atoms with Crippen molar-refractivity contribution in [1.82, 2.24) is 0 Å². The average molecular weight is 369 g/mol. The lowest BCUT2D eigenvalue weighted by Gasteiger charge is -2.12. The smallest absolute Gasteiger partial charge is 0.0800 e. The van der Waals surface area contributed by atoms with Crippen molar-refractivity contribution in [2.24, 2.45) is 0 Å². The van der Waals surface area contributed by atoms with Gasteiger partial charge in [-0.1, -0.05) is 81.2 Å². The first-order valence-electron chi connectivity index (χ1n) is 4.15. The van der Waals surface area contributed by atoms with Gasteiger partial charge in [-0.25, -0.2) is 0 Å². The second-order valence-electron chi connectivity index (χ2n) is 3.16. The maximum Gasteiger partial charge on any atom is 0.0800 e. The van der Waals surface area contributed by atoms with Crippen molar-refractivity contribution in [2.45, 2.75) is 0 Å². The van der Waals surface area contributed by atoms with Gasteiger partial charge in [0.2, 0.25) is 0 Å². The van der Waals surface area contributed by atoms with E-state index in [1.165, 1.54) is 6.07 Å². The van der Waals surface area contributed by atoms with Crippen LogP contribution in [0.4, 0.5) is 0 Å². The summed E-state index contributed by atoms with van der Waals surface area (Å²) in [5.41, 5.74) is 0. The number of hydrogen-bond donors (Lipinski definition) is 0. The van der Waals surface area contributed by atoms with E-state index in [1.807, 2.05) is 0 Å². The summed E-state index contributed by atoms with van der Waals surface area (Å²) in [4.78, 5) is 0. The Bertz CT molecular complexity index is 633. The van der Waals surface area contributed by atoms with E-state index < -0.39 is 0 Å². The summed E-state index contributed by atoms with van der Waals surface area (Å²) >= 11 is 42.1. The minimum absolute atomic E-state index is 0.117. The van der Waals surface area contributed by atoms with Gasteiger partial charge in [-0.15, -0.1) is 0 Å². The molecule has 0 saturated carbocycles. The van der Waals surface area contributed by atoms with E-state index in [4.69, 9.17) is 81.2 Å². The maximum atomic E-state index is 6.08. The molecule has 0 aliphatic carbocycles. The third kappa shape index (κ3) is 2.19.